The Hall–Kier alpha value is -2.21. The summed E-state index contributed by atoms with van der Waals surface area (Å²) < 4.78 is 14.3. The van der Waals surface area contributed by atoms with Gasteiger partial charge in [-0.1, -0.05) is 6.58 Å². The van der Waals surface area contributed by atoms with E-state index in [2.05, 4.69) is 23.7 Å². The molecule has 1 rings (SSSR count). The monoisotopic (exact) mass is 222 g/mol. The van der Waals surface area contributed by atoms with E-state index in [0.717, 1.165) is 10.6 Å². The summed E-state index contributed by atoms with van der Waals surface area (Å²) in [6.45, 7) is 6.45. The van der Waals surface area contributed by atoms with Crippen LogP contribution in [0, 0.1) is 0 Å². The Morgan fingerprint density at radius 3 is 2.88 bits per heavy atom. The van der Waals surface area contributed by atoms with Crippen LogP contribution in [0.1, 0.15) is 0 Å². The molecule has 84 valence electrons. The predicted octanol–water partition coefficient (Wildman–Crippen LogP) is 1.12. The van der Waals surface area contributed by atoms with Crippen molar-refractivity contribution < 1.29 is 4.39 Å². The maximum absolute atomic E-state index is 13.3. The van der Waals surface area contributed by atoms with E-state index < -0.39 is 11.4 Å². The summed E-state index contributed by atoms with van der Waals surface area (Å²) in [6.07, 6.45) is 2.30. The number of anilines is 1. The van der Waals surface area contributed by atoms with Crippen molar-refractivity contribution in [3.63, 3.8) is 0 Å². The van der Waals surface area contributed by atoms with Crippen molar-refractivity contribution in [3.05, 3.63) is 47.2 Å². The van der Waals surface area contributed by atoms with Crippen LogP contribution in [0.3, 0.4) is 0 Å². The van der Waals surface area contributed by atoms with Gasteiger partial charge in [0, 0.05) is 6.20 Å². The Kier molecular flexibility index (Phi) is 3.73. The van der Waals surface area contributed by atoms with Crippen molar-refractivity contribution in [2.75, 3.05) is 5.43 Å². The number of halogens is 1. The average molecular weight is 222 g/mol. The van der Waals surface area contributed by atoms with E-state index in [0.29, 0.717) is 0 Å². The number of aromatic nitrogens is 1. The molecular formula is C10H11FN4O. The summed E-state index contributed by atoms with van der Waals surface area (Å²) in [6, 6.07) is 2.99. The minimum Gasteiger partial charge on any atom is -0.319 e. The first kappa shape index (κ1) is 11.9. The number of nitrogens with two attached hydrogens (primary N) is 1. The molecule has 0 atom stereocenters. The maximum atomic E-state index is 13.3. The molecule has 0 aliphatic heterocycles. The fraction of sp³-hybridized carbons (Fsp3) is 0. The van der Waals surface area contributed by atoms with Gasteiger partial charge in [-0.05, 0) is 24.9 Å². The maximum Gasteiger partial charge on any atom is 0.281 e. The summed E-state index contributed by atoms with van der Waals surface area (Å²) in [5, 5.41) is 0. The second-order valence-corrected chi connectivity index (χ2v) is 2.78. The zero-order chi connectivity index (χ0) is 12.1. The van der Waals surface area contributed by atoms with Crippen LogP contribution in [0.15, 0.2) is 46.6 Å². The Balaban J connectivity index is 3.50. The van der Waals surface area contributed by atoms with Gasteiger partial charge in [-0.3, -0.25) is 15.2 Å². The number of hydrogen-bond donors (Lipinski definition) is 2. The van der Waals surface area contributed by atoms with Gasteiger partial charge in [0.25, 0.3) is 5.56 Å². The smallest absolute Gasteiger partial charge is 0.281 e. The van der Waals surface area contributed by atoms with Crippen LogP contribution >= 0.6 is 0 Å². The van der Waals surface area contributed by atoms with E-state index in [1.54, 1.807) is 0 Å². The van der Waals surface area contributed by atoms with Crippen LogP contribution < -0.4 is 16.8 Å². The highest BCUT2D eigenvalue weighted by Crippen LogP contribution is 2.13. The van der Waals surface area contributed by atoms with Crippen molar-refractivity contribution in [2.24, 2.45) is 10.8 Å². The third kappa shape index (κ3) is 2.06. The molecule has 0 fully saturated rings. The summed E-state index contributed by atoms with van der Waals surface area (Å²) in [5.74, 6) is 4.16. The van der Waals surface area contributed by atoms with E-state index in [4.69, 9.17) is 5.84 Å². The van der Waals surface area contributed by atoms with Gasteiger partial charge in [0.15, 0.2) is 11.6 Å². The molecule has 1 heterocycles. The molecule has 0 aliphatic carbocycles. The summed E-state index contributed by atoms with van der Waals surface area (Å²) in [7, 11) is 0. The topological polar surface area (TPSA) is 72.4 Å². The van der Waals surface area contributed by atoms with Crippen LogP contribution in [-0.2, 0) is 0 Å². The van der Waals surface area contributed by atoms with E-state index >= 15 is 0 Å². The lowest BCUT2D eigenvalue weighted by atomic mass is 10.4. The number of nitrogen functional groups attached to an aromatic ring is 1. The molecule has 0 saturated heterocycles. The lowest BCUT2D eigenvalue weighted by Crippen LogP contribution is -2.24. The first-order valence-electron chi connectivity index (χ1n) is 4.33. The van der Waals surface area contributed by atoms with Crippen molar-refractivity contribution >= 4 is 18.2 Å². The normalized spacial score (nSPS) is 11.6. The molecule has 5 nitrogen and oxygen atoms in total. The number of pyridine rings is 1. The minimum atomic E-state index is -0.744. The second kappa shape index (κ2) is 5.04. The number of nitrogens with zero attached hydrogens (tertiary/aromatic N) is 2. The zero-order valence-corrected chi connectivity index (χ0v) is 8.48. The standard InChI is InChI=1S/C10H11FN4O/c1-3-7(11)9(13-2)15-6-4-5-8(14-12)10(15)16/h3-6,14H,1-2,12H2/b9-7-. The highest BCUT2D eigenvalue weighted by Gasteiger charge is 2.08. The lowest BCUT2D eigenvalue weighted by Gasteiger charge is -2.07. The highest BCUT2D eigenvalue weighted by molar-refractivity contribution is 5.57. The Bertz CT molecular complexity index is 504. The Morgan fingerprint density at radius 2 is 2.38 bits per heavy atom. The summed E-state index contributed by atoms with van der Waals surface area (Å²) in [4.78, 5) is 15.2. The molecule has 0 amide bonds. The van der Waals surface area contributed by atoms with E-state index in [-0.39, 0.29) is 11.5 Å². The fourth-order valence-electron chi connectivity index (χ4n) is 1.13. The minimum absolute atomic E-state index is 0.125. The first-order chi connectivity index (χ1) is 7.65. The van der Waals surface area contributed by atoms with Gasteiger partial charge in [0.05, 0.1) is 0 Å². The molecule has 3 N–H and O–H groups in total. The Labute approximate surface area is 91.4 Å². The van der Waals surface area contributed by atoms with Crippen LogP contribution in [-0.4, -0.2) is 11.3 Å². The first-order valence-corrected chi connectivity index (χ1v) is 4.33. The van der Waals surface area contributed by atoms with Gasteiger partial charge in [0.2, 0.25) is 0 Å². The van der Waals surface area contributed by atoms with E-state index in [1.165, 1.54) is 18.3 Å². The largest absolute Gasteiger partial charge is 0.319 e. The summed E-state index contributed by atoms with van der Waals surface area (Å²) >= 11 is 0. The molecule has 0 bridgehead atoms. The SMILES string of the molecule is C=C/C(F)=C(\N=C)n1cccc(NN)c1=O. The Morgan fingerprint density at radius 1 is 1.69 bits per heavy atom. The molecule has 1 aromatic rings. The molecule has 0 aromatic carbocycles. The number of nitrogens with one attached hydrogen (secondary N) is 1. The van der Waals surface area contributed by atoms with E-state index in [1.807, 2.05) is 0 Å². The quantitative estimate of drug-likeness (QED) is 0.347. The third-order valence-electron chi connectivity index (χ3n) is 1.87. The van der Waals surface area contributed by atoms with Gasteiger partial charge in [-0.2, -0.15) is 0 Å². The van der Waals surface area contributed by atoms with Crippen LogP contribution in [0.4, 0.5) is 10.1 Å². The molecular weight excluding hydrogens is 211 g/mol. The van der Waals surface area contributed by atoms with Crippen molar-refractivity contribution in [1.29, 1.82) is 0 Å². The molecule has 6 heteroatoms. The van der Waals surface area contributed by atoms with Gasteiger partial charge < -0.3 is 5.43 Å². The molecule has 16 heavy (non-hydrogen) atoms. The third-order valence-corrected chi connectivity index (χ3v) is 1.87. The number of allylic oxidation sites excluding steroid dienone is 2. The molecule has 0 unspecified atom stereocenters. The molecule has 0 aliphatic rings. The summed E-state index contributed by atoms with van der Waals surface area (Å²) in [5.41, 5.74) is 1.81. The van der Waals surface area contributed by atoms with Crippen molar-refractivity contribution in [3.8, 4) is 0 Å². The fourth-order valence-corrected chi connectivity index (χ4v) is 1.13. The second-order valence-electron chi connectivity index (χ2n) is 2.78. The predicted molar refractivity (Wildman–Crippen MR) is 62.6 cm³/mol. The highest BCUT2D eigenvalue weighted by atomic mass is 19.1. The lowest BCUT2D eigenvalue weighted by molar-refractivity contribution is 0.659. The van der Waals surface area contributed by atoms with Gasteiger partial charge in [0.1, 0.15) is 5.69 Å². The molecule has 0 radical (unpaired) electrons. The van der Waals surface area contributed by atoms with Gasteiger partial charge >= 0.3 is 0 Å². The van der Waals surface area contributed by atoms with Crippen LogP contribution in [0.25, 0.3) is 5.82 Å². The molecule has 0 spiro atoms. The molecule has 1 aromatic heterocycles. The van der Waals surface area contributed by atoms with Gasteiger partial charge in [-0.15, -0.1) is 0 Å². The van der Waals surface area contributed by atoms with Crippen molar-refractivity contribution in [1.82, 2.24) is 4.57 Å². The zero-order valence-electron chi connectivity index (χ0n) is 8.48. The molecule has 0 saturated carbocycles. The number of aliphatic imine (C=N–C) groups is 1. The number of rotatable bonds is 4. The number of hydrazine groups is 1. The van der Waals surface area contributed by atoms with Gasteiger partial charge in [-0.25, -0.2) is 9.38 Å². The van der Waals surface area contributed by atoms with Crippen LogP contribution in [0.2, 0.25) is 0 Å². The van der Waals surface area contributed by atoms with Crippen molar-refractivity contribution in [2.45, 2.75) is 0 Å². The van der Waals surface area contributed by atoms with E-state index in [9.17, 15) is 9.18 Å². The number of hydrogen-bond acceptors (Lipinski definition) is 4. The average Bonchev–Trinajstić information content (AvgIpc) is 2.31. The van der Waals surface area contributed by atoms with Crippen LogP contribution in [0.5, 0.6) is 0 Å².